The van der Waals surface area contributed by atoms with Gasteiger partial charge in [0.25, 0.3) is 0 Å². The first-order chi connectivity index (χ1) is 12.0. The molecule has 2 aromatic carbocycles. The maximum atomic E-state index is 11.1. The molecule has 0 bridgehead atoms. The van der Waals surface area contributed by atoms with Gasteiger partial charge < -0.3 is 24.4 Å². The summed E-state index contributed by atoms with van der Waals surface area (Å²) in [6.07, 6.45) is 1.95. The number of carbonyl (C=O) groups excluding carboxylic acids is 1. The van der Waals surface area contributed by atoms with E-state index in [2.05, 4.69) is 0 Å². The first-order valence-corrected chi connectivity index (χ1v) is 7.51. The maximum absolute atomic E-state index is 11.1. The van der Waals surface area contributed by atoms with Gasteiger partial charge in [0.1, 0.15) is 17.8 Å². The van der Waals surface area contributed by atoms with Gasteiger partial charge in [0.05, 0.1) is 7.11 Å². The second-order valence-corrected chi connectivity index (χ2v) is 5.24. The van der Waals surface area contributed by atoms with Crippen molar-refractivity contribution in [3.05, 3.63) is 53.1 Å². The Hall–Kier alpha value is -2.99. The number of allylic oxidation sites excluding steroid dienone is 1. The summed E-state index contributed by atoms with van der Waals surface area (Å²) in [5.74, 6) is 0.717. The summed E-state index contributed by atoms with van der Waals surface area (Å²) in [5, 5.41) is 20.5. The molecule has 132 valence electrons. The van der Waals surface area contributed by atoms with Crippen molar-refractivity contribution in [2.24, 2.45) is 0 Å². The van der Waals surface area contributed by atoms with Gasteiger partial charge in [-0.2, -0.15) is 0 Å². The topological polar surface area (TPSA) is 85.2 Å². The molecule has 0 aliphatic heterocycles. The van der Waals surface area contributed by atoms with E-state index >= 15 is 0 Å². The molecule has 0 aliphatic rings. The molecule has 2 rings (SSSR count). The van der Waals surface area contributed by atoms with Gasteiger partial charge in [-0.3, -0.25) is 4.79 Å². The van der Waals surface area contributed by atoms with Gasteiger partial charge in [-0.25, -0.2) is 0 Å². The number of methoxy groups -OCH3 is 2. The number of ether oxygens (including phenoxy) is 3. The molecule has 2 N–H and O–H groups in total. The normalized spacial score (nSPS) is 11.2. The Labute approximate surface area is 145 Å². The molecule has 0 unspecified atom stereocenters. The molecular formula is C19H20O6. The molecule has 0 spiro atoms. The Morgan fingerprint density at radius 2 is 1.84 bits per heavy atom. The molecule has 0 atom stereocenters. The van der Waals surface area contributed by atoms with Crippen LogP contribution >= 0.6 is 0 Å². The van der Waals surface area contributed by atoms with E-state index in [9.17, 15) is 15.0 Å². The summed E-state index contributed by atoms with van der Waals surface area (Å²) in [7, 11) is 2.95. The van der Waals surface area contributed by atoms with Gasteiger partial charge in [-0.15, -0.1) is 0 Å². The molecule has 6 nitrogen and oxygen atoms in total. The van der Waals surface area contributed by atoms with Crippen LogP contribution in [0.1, 0.15) is 16.7 Å². The fraction of sp³-hybridized carbons (Fsp3) is 0.211. The molecule has 0 aliphatic carbocycles. The number of carbonyl (C=O) groups is 1. The number of phenolic OH excluding ortho intramolecular Hbond substituents is 2. The zero-order chi connectivity index (χ0) is 18.4. The third-order valence-electron chi connectivity index (χ3n) is 3.73. The average Bonchev–Trinajstić information content (AvgIpc) is 2.61. The molecule has 0 amide bonds. The molecule has 0 aromatic heterocycles. The van der Waals surface area contributed by atoms with Crippen LogP contribution in [0.15, 0.2) is 36.4 Å². The molecule has 0 saturated carbocycles. The Bertz CT molecular complexity index is 795. The molecule has 0 radical (unpaired) electrons. The minimum atomic E-state index is -0.0620. The van der Waals surface area contributed by atoms with Gasteiger partial charge in [-0.1, -0.05) is 6.07 Å². The maximum Gasteiger partial charge on any atom is 0.188 e. The molecular weight excluding hydrogens is 324 g/mol. The van der Waals surface area contributed by atoms with E-state index in [1.807, 2.05) is 0 Å². The predicted molar refractivity (Wildman–Crippen MR) is 93.1 cm³/mol. The third kappa shape index (κ3) is 3.92. The monoisotopic (exact) mass is 344 g/mol. The van der Waals surface area contributed by atoms with E-state index in [1.54, 1.807) is 31.2 Å². The van der Waals surface area contributed by atoms with E-state index in [-0.39, 0.29) is 18.3 Å². The number of rotatable bonds is 7. The van der Waals surface area contributed by atoms with E-state index in [4.69, 9.17) is 14.2 Å². The van der Waals surface area contributed by atoms with E-state index < -0.39 is 0 Å². The minimum absolute atomic E-state index is 0.0167. The van der Waals surface area contributed by atoms with Crippen LogP contribution in [-0.2, 0) is 9.53 Å². The number of benzene rings is 2. The van der Waals surface area contributed by atoms with Crippen molar-refractivity contribution in [1.29, 1.82) is 0 Å². The zero-order valence-electron chi connectivity index (χ0n) is 14.3. The highest BCUT2D eigenvalue weighted by molar-refractivity contribution is 5.92. The lowest BCUT2D eigenvalue weighted by atomic mass is 9.94. The van der Waals surface area contributed by atoms with Crippen LogP contribution < -0.4 is 9.47 Å². The summed E-state index contributed by atoms with van der Waals surface area (Å²) in [6.45, 7) is 1.76. The molecule has 25 heavy (non-hydrogen) atoms. The fourth-order valence-corrected chi connectivity index (χ4v) is 2.44. The van der Waals surface area contributed by atoms with Crippen molar-refractivity contribution < 1.29 is 29.2 Å². The van der Waals surface area contributed by atoms with Gasteiger partial charge in [0, 0.05) is 18.2 Å². The number of aldehydes is 1. The zero-order valence-corrected chi connectivity index (χ0v) is 14.3. The standard InChI is InChI=1S/C19H20O6/c1-12-17(25-11-23-2)7-5-15(19(12)22)14(8-9-20)13-4-6-18(24-3)16(21)10-13/h4-10,21-22H,11H2,1-3H3/b14-8-. The second-order valence-electron chi connectivity index (χ2n) is 5.24. The Morgan fingerprint density at radius 1 is 1.12 bits per heavy atom. The quantitative estimate of drug-likeness (QED) is 0.456. The van der Waals surface area contributed by atoms with Gasteiger partial charge >= 0.3 is 0 Å². The molecule has 6 heteroatoms. The van der Waals surface area contributed by atoms with Crippen LogP contribution in [0.25, 0.3) is 5.57 Å². The minimum Gasteiger partial charge on any atom is -0.507 e. The van der Waals surface area contributed by atoms with Crippen LogP contribution in [0.2, 0.25) is 0 Å². The van der Waals surface area contributed by atoms with Crippen LogP contribution in [0.5, 0.6) is 23.0 Å². The van der Waals surface area contributed by atoms with Crippen LogP contribution in [-0.4, -0.2) is 37.5 Å². The fourth-order valence-electron chi connectivity index (χ4n) is 2.44. The highest BCUT2D eigenvalue weighted by atomic mass is 16.7. The largest absolute Gasteiger partial charge is 0.507 e. The van der Waals surface area contributed by atoms with Gasteiger partial charge in [0.2, 0.25) is 0 Å². The van der Waals surface area contributed by atoms with Crippen molar-refractivity contribution in [2.75, 3.05) is 21.0 Å². The first kappa shape index (κ1) is 18.4. The molecule has 0 heterocycles. The Balaban J connectivity index is 2.51. The number of hydrogen-bond donors (Lipinski definition) is 2. The molecule has 0 saturated heterocycles. The van der Waals surface area contributed by atoms with Crippen molar-refractivity contribution in [3.63, 3.8) is 0 Å². The predicted octanol–water partition coefficient (Wildman–Crippen LogP) is 3.03. The summed E-state index contributed by atoms with van der Waals surface area (Å²) >= 11 is 0. The highest BCUT2D eigenvalue weighted by Gasteiger charge is 2.16. The van der Waals surface area contributed by atoms with Crippen molar-refractivity contribution in [2.45, 2.75) is 6.92 Å². The smallest absolute Gasteiger partial charge is 0.188 e. The summed E-state index contributed by atoms with van der Waals surface area (Å²) < 4.78 is 15.3. The van der Waals surface area contributed by atoms with Crippen molar-refractivity contribution >= 4 is 11.9 Å². The molecule has 2 aromatic rings. The number of hydrogen-bond acceptors (Lipinski definition) is 6. The van der Waals surface area contributed by atoms with E-state index in [1.165, 1.54) is 26.4 Å². The summed E-state index contributed by atoms with van der Waals surface area (Å²) in [5.41, 5.74) is 1.99. The third-order valence-corrected chi connectivity index (χ3v) is 3.73. The van der Waals surface area contributed by atoms with Crippen molar-refractivity contribution in [1.82, 2.24) is 0 Å². The molecule has 0 fully saturated rings. The van der Waals surface area contributed by atoms with Crippen LogP contribution in [0, 0.1) is 6.92 Å². The van der Waals surface area contributed by atoms with E-state index in [0.717, 1.165) is 0 Å². The SMILES string of the molecule is COCOc1ccc(/C(=C\C=O)c2ccc(OC)c(O)c2)c(O)c1C. The Kier molecular flexibility index (Phi) is 6.03. The van der Waals surface area contributed by atoms with E-state index in [0.29, 0.717) is 40.0 Å². The lowest BCUT2D eigenvalue weighted by Crippen LogP contribution is -2.01. The van der Waals surface area contributed by atoms with Crippen molar-refractivity contribution in [3.8, 4) is 23.0 Å². The Morgan fingerprint density at radius 3 is 2.44 bits per heavy atom. The number of phenols is 2. The van der Waals surface area contributed by atoms with Crippen LogP contribution in [0.3, 0.4) is 0 Å². The number of aromatic hydroxyl groups is 2. The average molecular weight is 344 g/mol. The van der Waals surface area contributed by atoms with Gasteiger partial charge in [-0.05, 0) is 48.4 Å². The lowest BCUT2D eigenvalue weighted by molar-refractivity contribution is -0.104. The summed E-state index contributed by atoms with van der Waals surface area (Å²) in [4.78, 5) is 11.1. The van der Waals surface area contributed by atoms with Crippen LogP contribution in [0.4, 0.5) is 0 Å². The summed E-state index contributed by atoms with van der Waals surface area (Å²) in [6, 6.07) is 8.08. The second kappa shape index (κ2) is 8.21. The lowest BCUT2D eigenvalue weighted by Gasteiger charge is -2.15. The highest BCUT2D eigenvalue weighted by Crippen LogP contribution is 2.38. The first-order valence-electron chi connectivity index (χ1n) is 7.51. The van der Waals surface area contributed by atoms with Gasteiger partial charge in [0.15, 0.2) is 18.3 Å².